The topological polar surface area (TPSA) is 21.3 Å². The van der Waals surface area contributed by atoms with E-state index in [-0.39, 0.29) is 11.9 Å². The number of halogens is 2. The van der Waals surface area contributed by atoms with E-state index < -0.39 is 0 Å². The van der Waals surface area contributed by atoms with E-state index in [2.05, 4.69) is 21.2 Å². The Bertz CT molecular complexity index is 353. The first-order chi connectivity index (χ1) is 7.75. The van der Waals surface area contributed by atoms with Gasteiger partial charge in [-0.25, -0.2) is 4.39 Å². The third-order valence-electron chi connectivity index (χ3n) is 2.73. The molecule has 1 aliphatic heterocycles. The van der Waals surface area contributed by atoms with Gasteiger partial charge >= 0.3 is 0 Å². The Morgan fingerprint density at radius 2 is 2.38 bits per heavy atom. The largest absolute Gasteiger partial charge is 0.372 e. The molecule has 2 nitrogen and oxygen atoms in total. The van der Waals surface area contributed by atoms with Gasteiger partial charge in [-0.15, -0.1) is 0 Å². The van der Waals surface area contributed by atoms with Crippen LogP contribution in [0.4, 0.5) is 4.39 Å². The van der Waals surface area contributed by atoms with E-state index in [0.717, 1.165) is 30.4 Å². The Hall–Kier alpha value is -0.450. The maximum Gasteiger partial charge on any atom is 0.128 e. The van der Waals surface area contributed by atoms with Gasteiger partial charge in [0.05, 0.1) is 12.7 Å². The summed E-state index contributed by atoms with van der Waals surface area (Å²) in [7, 11) is 0. The molecule has 0 bridgehead atoms. The Balaban J connectivity index is 1.90. The van der Waals surface area contributed by atoms with Gasteiger partial charge in [-0.05, 0) is 37.6 Å². The first-order valence-corrected chi connectivity index (χ1v) is 6.31. The van der Waals surface area contributed by atoms with Crippen LogP contribution in [0.1, 0.15) is 18.4 Å². The molecule has 4 heteroatoms. The van der Waals surface area contributed by atoms with Crippen molar-refractivity contribution in [3.8, 4) is 0 Å². The number of benzene rings is 1. The Labute approximate surface area is 103 Å². The van der Waals surface area contributed by atoms with Crippen LogP contribution in [0, 0.1) is 5.82 Å². The second-order valence-corrected chi connectivity index (χ2v) is 4.93. The standard InChI is InChI=1S/C12H15BrFNO/c13-10-3-4-12(14)9(6-10)8-16-11-2-1-5-15-7-11/h3-4,6,11,15H,1-2,5,7-8H2. The number of rotatable bonds is 3. The fraction of sp³-hybridized carbons (Fsp3) is 0.500. The summed E-state index contributed by atoms with van der Waals surface area (Å²) >= 11 is 3.33. The molecule has 1 aromatic rings. The van der Waals surface area contributed by atoms with E-state index in [1.807, 2.05) is 0 Å². The molecule has 88 valence electrons. The summed E-state index contributed by atoms with van der Waals surface area (Å²) in [4.78, 5) is 0. The van der Waals surface area contributed by atoms with Crippen molar-refractivity contribution in [1.82, 2.24) is 5.32 Å². The highest BCUT2D eigenvalue weighted by molar-refractivity contribution is 9.10. The van der Waals surface area contributed by atoms with Crippen molar-refractivity contribution in [2.75, 3.05) is 13.1 Å². The predicted molar refractivity (Wildman–Crippen MR) is 64.8 cm³/mol. The summed E-state index contributed by atoms with van der Waals surface area (Å²) in [5, 5.41) is 3.27. The zero-order valence-corrected chi connectivity index (χ0v) is 10.6. The van der Waals surface area contributed by atoms with E-state index in [0.29, 0.717) is 12.2 Å². The summed E-state index contributed by atoms with van der Waals surface area (Å²) in [5.41, 5.74) is 0.611. The van der Waals surface area contributed by atoms with Crippen LogP contribution in [-0.4, -0.2) is 19.2 Å². The summed E-state index contributed by atoms with van der Waals surface area (Å²) in [6.07, 6.45) is 2.40. The van der Waals surface area contributed by atoms with Crippen LogP contribution in [0.15, 0.2) is 22.7 Å². The average molecular weight is 288 g/mol. The van der Waals surface area contributed by atoms with E-state index in [9.17, 15) is 4.39 Å². The van der Waals surface area contributed by atoms with Crippen molar-refractivity contribution in [2.24, 2.45) is 0 Å². The zero-order valence-electron chi connectivity index (χ0n) is 9.01. The van der Waals surface area contributed by atoms with Crippen LogP contribution in [0.5, 0.6) is 0 Å². The molecule has 1 heterocycles. The number of hydrogen-bond acceptors (Lipinski definition) is 2. The van der Waals surface area contributed by atoms with E-state index in [1.165, 1.54) is 6.07 Å². The Morgan fingerprint density at radius 1 is 1.50 bits per heavy atom. The van der Waals surface area contributed by atoms with Crippen LogP contribution in [0.2, 0.25) is 0 Å². The minimum atomic E-state index is -0.202. The highest BCUT2D eigenvalue weighted by Gasteiger charge is 2.14. The molecule has 0 aromatic heterocycles. The number of piperidine rings is 1. The third-order valence-corrected chi connectivity index (χ3v) is 3.23. The normalized spacial score (nSPS) is 21.0. The van der Waals surface area contributed by atoms with Crippen molar-refractivity contribution in [3.05, 3.63) is 34.1 Å². The van der Waals surface area contributed by atoms with E-state index in [1.54, 1.807) is 12.1 Å². The monoisotopic (exact) mass is 287 g/mol. The molecule has 0 saturated carbocycles. The molecular formula is C12H15BrFNO. The van der Waals surface area contributed by atoms with E-state index in [4.69, 9.17) is 4.74 Å². The van der Waals surface area contributed by atoms with Crippen LogP contribution in [0.25, 0.3) is 0 Å². The number of hydrogen-bond donors (Lipinski definition) is 1. The van der Waals surface area contributed by atoms with Gasteiger partial charge in [0.15, 0.2) is 0 Å². The first kappa shape index (κ1) is 12.0. The van der Waals surface area contributed by atoms with Gasteiger partial charge < -0.3 is 10.1 Å². The first-order valence-electron chi connectivity index (χ1n) is 5.52. The van der Waals surface area contributed by atoms with Crippen molar-refractivity contribution in [2.45, 2.75) is 25.6 Å². The number of nitrogens with one attached hydrogen (secondary N) is 1. The summed E-state index contributed by atoms with van der Waals surface area (Å²) in [5.74, 6) is -0.202. The Morgan fingerprint density at radius 3 is 3.12 bits per heavy atom. The van der Waals surface area contributed by atoms with Crippen molar-refractivity contribution >= 4 is 15.9 Å². The lowest BCUT2D eigenvalue weighted by atomic mass is 10.1. The van der Waals surface area contributed by atoms with Gasteiger partial charge in [-0.1, -0.05) is 15.9 Å². The molecule has 0 spiro atoms. The summed E-state index contributed by atoms with van der Waals surface area (Å²) in [6, 6.07) is 4.93. The van der Waals surface area contributed by atoms with Crippen molar-refractivity contribution in [1.29, 1.82) is 0 Å². The molecule has 16 heavy (non-hydrogen) atoms. The smallest absolute Gasteiger partial charge is 0.128 e. The molecule has 1 N–H and O–H groups in total. The summed E-state index contributed by atoms with van der Waals surface area (Å²) < 4.78 is 20.0. The highest BCUT2D eigenvalue weighted by Crippen LogP contribution is 2.17. The van der Waals surface area contributed by atoms with Gasteiger partial charge in [-0.3, -0.25) is 0 Å². The van der Waals surface area contributed by atoms with Crippen LogP contribution < -0.4 is 5.32 Å². The molecular weight excluding hydrogens is 273 g/mol. The molecule has 1 aromatic carbocycles. The van der Waals surface area contributed by atoms with Gasteiger partial charge in [0.25, 0.3) is 0 Å². The minimum Gasteiger partial charge on any atom is -0.372 e. The van der Waals surface area contributed by atoms with Gasteiger partial charge in [-0.2, -0.15) is 0 Å². The second kappa shape index (κ2) is 5.75. The van der Waals surface area contributed by atoms with Crippen molar-refractivity contribution < 1.29 is 9.13 Å². The molecule has 0 aliphatic carbocycles. The van der Waals surface area contributed by atoms with Crippen LogP contribution in [0.3, 0.4) is 0 Å². The van der Waals surface area contributed by atoms with Gasteiger partial charge in [0.2, 0.25) is 0 Å². The molecule has 1 saturated heterocycles. The minimum absolute atomic E-state index is 0.202. The third kappa shape index (κ3) is 3.27. The van der Waals surface area contributed by atoms with E-state index >= 15 is 0 Å². The molecule has 1 atom stereocenters. The molecule has 0 amide bonds. The average Bonchev–Trinajstić information content (AvgIpc) is 2.32. The molecule has 1 unspecified atom stereocenters. The fourth-order valence-electron chi connectivity index (χ4n) is 1.82. The molecule has 1 fully saturated rings. The second-order valence-electron chi connectivity index (χ2n) is 4.02. The summed E-state index contributed by atoms with van der Waals surface area (Å²) in [6.45, 7) is 2.28. The predicted octanol–water partition coefficient (Wildman–Crippen LogP) is 2.86. The van der Waals surface area contributed by atoms with Gasteiger partial charge in [0, 0.05) is 16.6 Å². The van der Waals surface area contributed by atoms with Crippen LogP contribution in [-0.2, 0) is 11.3 Å². The molecule has 0 radical (unpaired) electrons. The molecule has 1 aliphatic rings. The lowest BCUT2D eigenvalue weighted by molar-refractivity contribution is 0.0239. The lowest BCUT2D eigenvalue weighted by Gasteiger charge is -2.23. The quantitative estimate of drug-likeness (QED) is 0.923. The van der Waals surface area contributed by atoms with Gasteiger partial charge in [0.1, 0.15) is 5.82 Å². The fourth-order valence-corrected chi connectivity index (χ4v) is 2.23. The van der Waals surface area contributed by atoms with Crippen LogP contribution >= 0.6 is 15.9 Å². The molecule has 2 rings (SSSR count). The number of ether oxygens (including phenoxy) is 1. The maximum absolute atomic E-state index is 13.4. The maximum atomic E-state index is 13.4. The highest BCUT2D eigenvalue weighted by atomic mass is 79.9. The zero-order chi connectivity index (χ0) is 11.4. The SMILES string of the molecule is Fc1ccc(Br)cc1COC1CCCNC1. The Kier molecular flexibility index (Phi) is 4.32. The van der Waals surface area contributed by atoms with Crippen molar-refractivity contribution in [3.63, 3.8) is 0 Å². The lowest BCUT2D eigenvalue weighted by Crippen LogP contribution is -2.35.